The first-order valence-electron chi connectivity index (χ1n) is 10.9. The van der Waals surface area contributed by atoms with Crippen molar-refractivity contribution in [1.82, 2.24) is 4.57 Å². The van der Waals surface area contributed by atoms with Crippen LogP contribution in [0.2, 0.25) is 0 Å². The van der Waals surface area contributed by atoms with Crippen LogP contribution in [0.5, 0.6) is 5.75 Å². The highest BCUT2D eigenvalue weighted by Gasteiger charge is 2.30. The number of hydrogen-bond donors (Lipinski definition) is 2. The number of hydrogen-bond acceptors (Lipinski definition) is 3. The maximum absolute atomic E-state index is 14.7. The molecule has 9 heteroatoms. The molecule has 0 unspecified atom stereocenters. The Morgan fingerprint density at radius 1 is 0.914 bits per heavy atom. The van der Waals surface area contributed by atoms with Gasteiger partial charge in [0, 0.05) is 48.2 Å². The summed E-state index contributed by atoms with van der Waals surface area (Å²) >= 11 is 0. The number of carbonyl (C=O) groups is 1. The normalized spacial score (nSPS) is 14.5. The number of aromatic carboxylic acids is 1. The number of aromatic hydroxyl groups is 1. The number of rotatable bonds is 4. The molecule has 0 spiro atoms. The van der Waals surface area contributed by atoms with Crippen molar-refractivity contribution in [2.75, 3.05) is 13.2 Å². The third-order valence-electron chi connectivity index (χ3n) is 6.31. The van der Waals surface area contributed by atoms with Crippen molar-refractivity contribution in [3.63, 3.8) is 0 Å². The van der Waals surface area contributed by atoms with Gasteiger partial charge in [0.2, 0.25) is 0 Å². The second kappa shape index (κ2) is 8.74. The van der Waals surface area contributed by atoms with Gasteiger partial charge in [-0.05, 0) is 48.7 Å². The molecule has 0 bridgehead atoms. The predicted octanol–water partition coefficient (Wildman–Crippen LogP) is 6.15. The molecule has 1 fully saturated rings. The first kappa shape index (κ1) is 22.9. The number of carboxylic acid groups (broad SMARTS) is 1. The van der Waals surface area contributed by atoms with Gasteiger partial charge in [-0.25, -0.2) is 22.4 Å². The lowest BCUT2D eigenvalue weighted by Crippen LogP contribution is -2.17. The van der Waals surface area contributed by atoms with Crippen LogP contribution >= 0.6 is 0 Å². The Labute approximate surface area is 196 Å². The minimum Gasteiger partial charge on any atom is -0.507 e. The summed E-state index contributed by atoms with van der Waals surface area (Å²) < 4.78 is 64.2. The molecule has 2 N–H and O–H groups in total. The van der Waals surface area contributed by atoms with Crippen LogP contribution in [-0.4, -0.2) is 34.0 Å². The van der Waals surface area contributed by atoms with Crippen molar-refractivity contribution >= 4 is 16.9 Å². The van der Waals surface area contributed by atoms with Gasteiger partial charge in [0.1, 0.15) is 17.4 Å². The quantitative estimate of drug-likeness (QED) is 0.340. The van der Waals surface area contributed by atoms with Crippen LogP contribution in [0.15, 0.2) is 48.5 Å². The highest BCUT2D eigenvalue weighted by molar-refractivity contribution is 6.03. The predicted molar refractivity (Wildman–Crippen MR) is 120 cm³/mol. The lowest BCUT2D eigenvalue weighted by molar-refractivity contribution is 0.0692. The highest BCUT2D eigenvalue weighted by atomic mass is 19.2. The van der Waals surface area contributed by atoms with E-state index in [9.17, 15) is 32.6 Å². The number of carboxylic acids is 1. The standard InChI is InChI=1S/C26H19F4NO4/c27-15-10-21-24(22(32)11-15)23(14-1-3-17(26(33)34)19(29)9-14)25(13-5-7-35-8-6-13)31(21)16-2-4-18(28)20(30)12-16/h1-4,9-13,32H,5-8H2,(H,33,34). The molecule has 0 radical (unpaired) electrons. The zero-order valence-electron chi connectivity index (χ0n) is 18.2. The smallest absolute Gasteiger partial charge is 0.338 e. The highest BCUT2D eigenvalue weighted by Crippen LogP contribution is 2.47. The van der Waals surface area contributed by atoms with E-state index in [1.54, 1.807) is 0 Å². The van der Waals surface area contributed by atoms with Gasteiger partial charge >= 0.3 is 5.97 Å². The third-order valence-corrected chi connectivity index (χ3v) is 6.31. The molecule has 3 aromatic carbocycles. The van der Waals surface area contributed by atoms with Crippen molar-refractivity contribution < 1.29 is 37.3 Å². The second-order valence-corrected chi connectivity index (χ2v) is 8.40. The summed E-state index contributed by atoms with van der Waals surface area (Å²) in [6, 6.07) is 8.88. The number of phenolic OH excluding ortho intramolecular Hbond substituents is 1. The van der Waals surface area contributed by atoms with Gasteiger partial charge in [0.25, 0.3) is 0 Å². The maximum atomic E-state index is 14.7. The Balaban J connectivity index is 1.91. The number of benzene rings is 3. The van der Waals surface area contributed by atoms with Crippen LogP contribution in [0.4, 0.5) is 17.6 Å². The van der Waals surface area contributed by atoms with E-state index >= 15 is 0 Å². The van der Waals surface area contributed by atoms with E-state index < -0.39 is 40.6 Å². The average Bonchev–Trinajstić information content (AvgIpc) is 3.16. The van der Waals surface area contributed by atoms with Gasteiger partial charge in [-0.3, -0.25) is 0 Å². The SMILES string of the molecule is O=C(O)c1ccc(-c2c(C3CCOCC3)n(-c3ccc(F)c(F)c3)c3cc(F)cc(O)c23)cc1F. The van der Waals surface area contributed by atoms with Gasteiger partial charge in [0.15, 0.2) is 11.6 Å². The topological polar surface area (TPSA) is 71.7 Å². The summed E-state index contributed by atoms with van der Waals surface area (Å²) in [6.45, 7) is 0.826. The number of aromatic nitrogens is 1. The largest absolute Gasteiger partial charge is 0.507 e. The maximum Gasteiger partial charge on any atom is 0.338 e. The Morgan fingerprint density at radius 2 is 1.66 bits per heavy atom. The van der Waals surface area contributed by atoms with E-state index in [1.165, 1.54) is 16.7 Å². The molecule has 1 aliphatic rings. The van der Waals surface area contributed by atoms with Gasteiger partial charge in [-0.15, -0.1) is 0 Å². The van der Waals surface area contributed by atoms with Crippen molar-refractivity contribution in [2.24, 2.45) is 0 Å². The lowest BCUT2D eigenvalue weighted by atomic mass is 9.89. The molecule has 1 saturated heterocycles. The summed E-state index contributed by atoms with van der Waals surface area (Å²) in [6.07, 6.45) is 1.07. The zero-order valence-corrected chi connectivity index (χ0v) is 18.2. The molecule has 4 aromatic rings. The molecule has 5 nitrogen and oxygen atoms in total. The molecular weight excluding hydrogens is 466 g/mol. The van der Waals surface area contributed by atoms with E-state index in [2.05, 4.69) is 0 Å². The third kappa shape index (κ3) is 3.91. The van der Waals surface area contributed by atoms with E-state index in [1.807, 2.05) is 0 Å². The first-order chi connectivity index (χ1) is 16.8. The summed E-state index contributed by atoms with van der Waals surface area (Å²) in [4.78, 5) is 11.3. The van der Waals surface area contributed by atoms with Gasteiger partial charge in [-0.2, -0.15) is 0 Å². The minimum atomic E-state index is -1.44. The van der Waals surface area contributed by atoms with Crippen molar-refractivity contribution in [3.8, 4) is 22.6 Å². The van der Waals surface area contributed by atoms with E-state index in [4.69, 9.17) is 4.74 Å². The number of ether oxygens (including phenoxy) is 1. The van der Waals surface area contributed by atoms with Crippen molar-refractivity contribution in [3.05, 3.63) is 83.1 Å². The Morgan fingerprint density at radius 3 is 2.31 bits per heavy atom. The summed E-state index contributed by atoms with van der Waals surface area (Å²) in [5, 5.41) is 20.2. The van der Waals surface area contributed by atoms with Gasteiger partial charge in [-0.1, -0.05) is 6.07 Å². The fourth-order valence-corrected chi connectivity index (χ4v) is 4.78. The molecule has 0 amide bonds. The number of nitrogens with zero attached hydrogens (tertiary/aromatic N) is 1. The molecule has 5 rings (SSSR count). The number of phenols is 1. The van der Waals surface area contributed by atoms with Gasteiger partial charge < -0.3 is 19.5 Å². The zero-order chi connectivity index (χ0) is 24.9. The van der Waals surface area contributed by atoms with Crippen LogP contribution in [0.3, 0.4) is 0 Å². The van der Waals surface area contributed by atoms with Crippen molar-refractivity contribution in [1.29, 1.82) is 0 Å². The summed E-state index contributed by atoms with van der Waals surface area (Å²) in [5.74, 6) is -5.99. The molecule has 0 aliphatic carbocycles. The molecule has 1 aromatic heterocycles. The molecule has 0 saturated carbocycles. The molecule has 180 valence electrons. The van der Waals surface area contributed by atoms with Crippen LogP contribution < -0.4 is 0 Å². The Hall–Kier alpha value is -3.85. The Bertz CT molecular complexity index is 1470. The van der Waals surface area contributed by atoms with Crippen LogP contribution in [0, 0.1) is 23.3 Å². The summed E-state index contributed by atoms with van der Waals surface area (Å²) in [5.41, 5.74) is 0.966. The van der Waals surface area contributed by atoms with E-state index in [0.717, 1.165) is 36.4 Å². The lowest BCUT2D eigenvalue weighted by Gasteiger charge is -2.26. The number of fused-ring (bicyclic) bond motifs is 1. The van der Waals surface area contributed by atoms with Gasteiger partial charge in [0.05, 0.1) is 16.5 Å². The minimum absolute atomic E-state index is 0.174. The Kier molecular flexibility index (Phi) is 5.72. The monoisotopic (exact) mass is 485 g/mol. The van der Waals surface area contributed by atoms with Crippen LogP contribution in [0.25, 0.3) is 27.7 Å². The van der Waals surface area contributed by atoms with Crippen LogP contribution in [-0.2, 0) is 4.74 Å². The van der Waals surface area contributed by atoms with Crippen molar-refractivity contribution in [2.45, 2.75) is 18.8 Å². The van der Waals surface area contributed by atoms with Crippen LogP contribution in [0.1, 0.15) is 34.8 Å². The molecule has 35 heavy (non-hydrogen) atoms. The summed E-state index contributed by atoms with van der Waals surface area (Å²) in [7, 11) is 0. The first-order valence-corrected chi connectivity index (χ1v) is 10.9. The fourth-order valence-electron chi connectivity index (χ4n) is 4.78. The molecule has 0 atom stereocenters. The second-order valence-electron chi connectivity index (χ2n) is 8.40. The molecule has 1 aliphatic heterocycles. The molecule has 2 heterocycles. The average molecular weight is 485 g/mol. The number of halogens is 4. The van der Waals surface area contributed by atoms with E-state index in [-0.39, 0.29) is 28.1 Å². The fraction of sp³-hybridized carbons (Fsp3) is 0.192. The molecular formula is C26H19F4NO4. The van der Waals surface area contributed by atoms with E-state index in [0.29, 0.717) is 37.3 Å².